The quantitative estimate of drug-likeness (QED) is 0.710. The van der Waals surface area contributed by atoms with Crippen LogP contribution in [0.4, 0.5) is 4.79 Å². The molecular formula is C16H28N2O3. The first-order chi connectivity index (χ1) is 9.90. The minimum Gasteiger partial charge on any atom is -0.481 e. The van der Waals surface area contributed by atoms with Crippen molar-refractivity contribution >= 4 is 12.0 Å². The molecule has 0 aromatic heterocycles. The number of hydrogen-bond donors (Lipinski definition) is 2. The number of carboxylic acids is 1. The third-order valence-corrected chi connectivity index (χ3v) is 4.19. The molecule has 2 amide bonds. The van der Waals surface area contributed by atoms with Gasteiger partial charge in [0, 0.05) is 26.1 Å². The molecule has 0 fully saturated rings. The van der Waals surface area contributed by atoms with Crippen molar-refractivity contribution in [3.63, 3.8) is 0 Å². The van der Waals surface area contributed by atoms with Crippen molar-refractivity contribution in [1.29, 1.82) is 0 Å². The number of aliphatic carboxylic acids is 1. The molecular weight excluding hydrogens is 268 g/mol. The highest BCUT2D eigenvalue weighted by Crippen LogP contribution is 2.20. The number of carboxylic acid groups (broad SMARTS) is 1. The Hall–Kier alpha value is -1.52. The van der Waals surface area contributed by atoms with Crippen LogP contribution in [-0.4, -0.2) is 41.6 Å². The molecule has 0 bridgehead atoms. The summed E-state index contributed by atoms with van der Waals surface area (Å²) < 4.78 is 0. The zero-order valence-corrected chi connectivity index (χ0v) is 13.4. The average Bonchev–Trinajstić information content (AvgIpc) is 2.42. The third-order valence-electron chi connectivity index (χ3n) is 4.19. The maximum atomic E-state index is 12.0. The Kier molecular flexibility index (Phi) is 7.26. The topological polar surface area (TPSA) is 69.6 Å². The van der Waals surface area contributed by atoms with Crippen LogP contribution in [0.1, 0.15) is 46.5 Å². The van der Waals surface area contributed by atoms with E-state index >= 15 is 0 Å². The number of carbonyl (C=O) groups excluding carboxylic acids is 1. The zero-order valence-electron chi connectivity index (χ0n) is 13.4. The molecule has 1 atom stereocenters. The SMILES string of the molecule is CC1=CCN(C(=O)NCCC(CCC(=O)O)C(C)C)CC1. The molecule has 1 aliphatic heterocycles. The zero-order chi connectivity index (χ0) is 15.8. The molecule has 1 aliphatic rings. The molecule has 0 aliphatic carbocycles. The van der Waals surface area contributed by atoms with Crippen LogP contribution >= 0.6 is 0 Å². The van der Waals surface area contributed by atoms with Crippen molar-refractivity contribution in [3.8, 4) is 0 Å². The second kappa shape index (κ2) is 8.70. The lowest BCUT2D eigenvalue weighted by atomic mass is 9.88. The van der Waals surface area contributed by atoms with E-state index in [1.807, 2.05) is 4.90 Å². The van der Waals surface area contributed by atoms with Gasteiger partial charge in [-0.2, -0.15) is 0 Å². The number of rotatable bonds is 7. The molecule has 5 nitrogen and oxygen atoms in total. The molecule has 5 heteroatoms. The molecule has 0 aromatic rings. The van der Waals surface area contributed by atoms with Crippen LogP contribution < -0.4 is 5.32 Å². The monoisotopic (exact) mass is 296 g/mol. The van der Waals surface area contributed by atoms with Crippen molar-refractivity contribution in [2.45, 2.75) is 46.5 Å². The van der Waals surface area contributed by atoms with Gasteiger partial charge in [0.2, 0.25) is 0 Å². The molecule has 0 saturated carbocycles. The normalized spacial score (nSPS) is 16.6. The van der Waals surface area contributed by atoms with E-state index < -0.39 is 5.97 Å². The van der Waals surface area contributed by atoms with Crippen molar-refractivity contribution < 1.29 is 14.7 Å². The van der Waals surface area contributed by atoms with Crippen molar-refractivity contribution in [1.82, 2.24) is 10.2 Å². The number of urea groups is 1. The second-order valence-corrected chi connectivity index (χ2v) is 6.20. The summed E-state index contributed by atoms with van der Waals surface area (Å²) in [7, 11) is 0. The van der Waals surface area contributed by atoms with E-state index in [1.54, 1.807) is 0 Å². The van der Waals surface area contributed by atoms with Gasteiger partial charge in [-0.05, 0) is 38.0 Å². The first kappa shape index (κ1) is 17.5. The van der Waals surface area contributed by atoms with Gasteiger partial charge in [0.25, 0.3) is 0 Å². The van der Waals surface area contributed by atoms with Crippen LogP contribution in [0.3, 0.4) is 0 Å². The first-order valence-corrected chi connectivity index (χ1v) is 7.80. The molecule has 0 spiro atoms. The molecule has 120 valence electrons. The molecule has 0 saturated heterocycles. The van der Waals surface area contributed by atoms with Crippen LogP contribution in [0, 0.1) is 11.8 Å². The molecule has 0 aromatic carbocycles. The molecule has 2 N–H and O–H groups in total. The van der Waals surface area contributed by atoms with Crippen LogP contribution in [0.25, 0.3) is 0 Å². The van der Waals surface area contributed by atoms with E-state index in [-0.39, 0.29) is 12.5 Å². The van der Waals surface area contributed by atoms with Gasteiger partial charge in [0.05, 0.1) is 0 Å². The van der Waals surface area contributed by atoms with Gasteiger partial charge in [0.1, 0.15) is 0 Å². The van der Waals surface area contributed by atoms with Crippen LogP contribution in [-0.2, 0) is 4.79 Å². The van der Waals surface area contributed by atoms with E-state index in [2.05, 4.69) is 32.2 Å². The fourth-order valence-electron chi connectivity index (χ4n) is 2.55. The molecule has 0 radical (unpaired) electrons. The summed E-state index contributed by atoms with van der Waals surface area (Å²) in [4.78, 5) is 24.5. The van der Waals surface area contributed by atoms with E-state index in [9.17, 15) is 9.59 Å². The second-order valence-electron chi connectivity index (χ2n) is 6.20. The van der Waals surface area contributed by atoms with E-state index in [0.717, 1.165) is 19.4 Å². The Bertz CT molecular complexity index is 391. The molecule has 1 rings (SSSR count). The summed E-state index contributed by atoms with van der Waals surface area (Å²) in [6.45, 7) is 8.37. The standard InChI is InChI=1S/C16H28N2O3/c1-12(2)14(4-5-15(19)20)6-9-17-16(21)18-10-7-13(3)8-11-18/h7,12,14H,4-6,8-11H2,1-3H3,(H,17,21)(H,19,20). The van der Waals surface area contributed by atoms with Crippen molar-refractivity contribution in [3.05, 3.63) is 11.6 Å². The first-order valence-electron chi connectivity index (χ1n) is 7.80. The summed E-state index contributed by atoms with van der Waals surface area (Å²) in [6.07, 6.45) is 4.74. The van der Waals surface area contributed by atoms with Crippen LogP contribution in [0.15, 0.2) is 11.6 Å². The third kappa shape index (κ3) is 6.65. The summed E-state index contributed by atoms with van der Waals surface area (Å²) >= 11 is 0. The van der Waals surface area contributed by atoms with Crippen LogP contribution in [0.2, 0.25) is 0 Å². The van der Waals surface area contributed by atoms with Crippen LogP contribution in [0.5, 0.6) is 0 Å². The fourth-order valence-corrected chi connectivity index (χ4v) is 2.55. The van der Waals surface area contributed by atoms with Gasteiger partial charge < -0.3 is 15.3 Å². The maximum absolute atomic E-state index is 12.0. The van der Waals surface area contributed by atoms with Gasteiger partial charge in [-0.25, -0.2) is 4.79 Å². The Balaban J connectivity index is 2.29. The maximum Gasteiger partial charge on any atom is 0.317 e. The number of nitrogens with one attached hydrogen (secondary N) is 1. The van der Waals surface area contributed by atoms with Crippen molar-refractivity contribution in [2.75, 3.05) is 19.6 Å². The minimum atomic E-state index is -0.750. The summed E-state index contributed by atoms with van der Waals surface area (Å²) in [5.74, 6) is 0.0203. The van der Waals surface area contributed by atoms with E-state index in [1.165, 1.54) is 5.57 Å². The lowest BCUT2D eigenvalue weighted by molar-refractivity contribution is -0.137. The predicted octanol–water partition coefficient (Wildman–Crippen LogP) is 2.88. The van der Waals surface area contributed by atoms with Crippen molar-refractivity contribution in [2.24, 2.45) is 11.8 Å². The number of carbonyl (C=O) groups is 2. The Labute approximate surface area is 127 Å². The Morgan fingerprint density at radius 2 is 2.10 bits per heavy atom. The van der Waals surface area contributed by atoms with Gasteiger partial charge in [0.15, 0.2) is 0 Å². The number of nitrogens with zero attached hydrogens (tertiary/aromatic N) is 1. The van der Waals surface area contributed by atoms with E-state index in [0.29, 0.717) is 31.3 Å². The summed E-state index contributed by atoms with van der Waals surface area (Å²) in [5.41, 5.74) is 1.34. The van der Waals surface area contributed by atoms with Gasteiger partial charge in [-0.3, -0.25) is 4.79 Å². The molecule has 1 heterocycles. The Morgan fingerprint density at radius 1 is 1.38 bits per heavy atom. The predicted molar refractivity (Wildman–Crippen MR) is 83.2 cm³/mol. The summed E-state index contributed by atoms with van der Waals surface area (Å²) in [6, 6.07) is -0.0144. The number of amides is 2. The smallest absolute Gasteiger partial charge is 0.317 e. The van der Waals surface area contributed by atoms with Gasteiger partial charge in [-0.1, -0.05) is 25.5 Å². The lowest BCUT2D eigenvalue weighted by Gasteiger charge is -2.26. The fraction of sp³-hybridized carbons (Fsp3) is 0.750. The number of hydrogen-bond acceptors (Lipinski definition) is 2. The summed E-state index contributed by atoms with van der Waals surface area (Å²) in [5, 5.41) is 11.7. The largest absolute Gasteiger partial charge is 0.481 e. The highest BCUT2D eigenvalue weighted by Gasteiger charge is 2.18. The van der Waals surface area contributed by atoms with Gasteiger partial charge >= 0.3 is 12.0 Å². The van der Waals surface area contributed by atoms with Gasteiger partial charge in [-0.15, -0.1) is 0 Å². The highest BCUT2D eigenvalue weighted by atomic mass is 16.4. The molecule has 21 heavy (non-hydrogen) atoms. The highest BCUT2D eigenvalue weighted by molar-refractivity contribution is 5.74. The average molecular weight is 296 g/mol. The minimum absolute atomic E-state index is 0.0144. The lowest BCUT2D eigenvalue weighted by Crippen LogP contribution is -2.42. The van der Waals surface area contributed by atoms with E-state index in [4.69, 9.17) is 5.11 Å². The Morgan fingerprint density at radius 3 is 2.62 bits per heavy atom. The molecule has 1 unspecified atom stereocenters.